The fraction of sp³-hybridized carbons (Fsp3) is 0.364. The van der Waals surface area contributed by atoms with Gasteiger partial charge >= 0.3 is 0 Å². The second kappa shape index (κ2) is 3.62. The number of Topliss-reactive ketones (excluding diaryl/α,β-unsaturated/α-hetero) is 1. The highest BCUT2D eigenvalue weighted by atomic mass is 35.5. The molecule has 0 N–H and O–H groups in total. The second-order valence-corrected chi connectivity index (χ2v) is 4.01. The van der Waals surface area contributed by atoms with Crippen LogP contribution >= 0.6 is 11.6 Å². The van der Waals surface area contributed by atoms with E-state index < -0.39 is 0 Å². The molecule has 0 amide bonds. The molecule has 1 unspecified atom stereocenters. The summed E-state index contributed by atoms with van der Waals surface area (Å²) in [4.78, 5) is 11.2. The lowest BCUT2D eigenvalue weighted by Crippen LogP contribution is -2.26. The first-order valence-electron chi connectivity index (χ1n) is 4.58. The SMILES string of the molecule is CC(=O)C1COc2ccc(Cl)cc2C1. The lowest BCUT2D eigenvalue weighted by Gasteiger charge is -2.23. The van der Waals surface area contributed by atoms with Crippen LogP contribution in [0.2, 0.25) is 5.02 Å². The highest BCUT2D eigenvalue weighted by Crippen LogP contribution is 2.29. The van der Waals surface area contributed by atoms with Crippen LogP contribution in [0, 0.1) is 5.92 Å². The number of ketones is 1. The molecule has 0 bridgehead atoms. The quantitative estimate of drug-likeness (QED) is 0.712. The lowest BCUT2D eigenvalue weighted by molar-refractivity contribution is -0.121. The zero-order valence-corrected chi connectivity index (χ0v) is 8.67. The van der Waals surface area contributed by atoms with Gasteiger partial charge in [-0.1, -0.05) is 11.6 Å². The molecule has 1 atom stereocenters. The van der Waals surface area contributed by atoms with Crippen LogP contribution in [-0.2, 0) is 11.2 Å². The zero-order valence-electron chi connectivity index (χ0n) is 7.92. The summed E-state index contributed by atoms with van der Waals surface area (Å²) in [5, 5.41) is 0.691. The zero-order chi connectivity index (χ0) is 10.1. The molecule has 1 aromatic carbocycles. The first kappa shape index (κ1) is 9.53. The fourth-order valence-corrected chi connectivity index (χ4v) is 1.82. The number of carbonyl (C=O) groups is 1. The number of hydrogen-bond acceptors (Lipinski definition) is 2. The van der Waals surface area contributed by atoms with Crippen molar-refractivity contribution in [2.75, 3.05) is 6.61 Å². The van der Waals surface area contributed by atoms with E-state index in [1.807, 2.05) is 12.1 Å². The summed E-state index contributed by atoms with van der Waals surface area (Å²) in [6.07, 6.45) is 0.741. The minimum atomic E-state index is -0.0130. The molecule has 1 heterocycles. The fourth-order valence-electron chi connectivity index (χ4n) is 1.62. The molecule has 0 aliphatic carbocycles. The van der Waals surface area contributed by atoms with Gasteiger partial charge in [0.15, 0.2) is 0 Å². The van der Waals surface area contributed by atoms with Gasteiger partial charge in [0.25, 0.3) is 0 Å². The maximum Gasteiger partial charge on any atom is 0.136 e. The Balaban J connectivity index is 2.29. The Morgan fingerprint density at radius 1 is 1.57 bits per heavy atom. The van der Waals surface area contributed by atoms with Gasteiger partial charge < -0.3 is 4.74 Å². The predicted molar refractivity (Wildman–Crippen MR) is 54.8 cm³/mol. The molecule has 1 aliphatic heterocycles. The standard InChI is InChI=1S/C11H11ClO2/c1-7(13)9-4-8-5-10(12)2-3-11(8)14-6-9/h2-3,5,9H,4,6H2,1H3. The summed E-state index contributed by atoms with van der Waals surface area (Å²) in [5.41, 5.74) is 1.03. The molecule has 74 valence electrons. The summed E-state index contributed by atoms with van der Waals surface area (Å²) in [7, 11) is 0. The van der Waals surface area contributed by atoms with Crippen LogP contribution in [0.25, 0.3) is 0 Å². The average Bonchev–Trinajstić information content (AvgIpc) is 2.16. The molecule has 0 saturated carbocycles. The van der Waals surface area contributed by atoms with Crippen molar-refractivity contribution in [2.45, 2.75) is 13.3 Å². The van der Waals surface area contributed by atoms with Crippen molar-refractivity contribution in [1.82, 2.24) is 0 Å². The van der Waals surface area contributed by atoms with E-state index in [0.717, 1.165) is 17.7 Å². The molecule has 2 nitrogen and oxygen atoms in total. The van der Waals surface area contributed by atoms with Gasteiger partial charge in [-0.15, -0.1) is 0 Å². The van der Waals surface area contributed by atoms with E-state index in [4.69, 9.17) is 16.3 Å². The summed E-state index contributed by atoms with van der Waals surface area (Å²) in [5.74, 6) is 1.02. The third-order valence-electron chi connectivity index (χ3n) is 2.50. The minimum Gasteiger partial charge on any atom is -0.493 e. The maximum atomic E-state index is 11.2. The summed E-state index contributed by atoms with van der Waals surface area (Å²) in [6, 6.07) is 5.52. The maximum absolute atomic E-state index is 11.2. The summed E-state index contributed by atoms with van der Waals surface area (Å²) in [6.45, 7) is 2.09. The van der Waals surface area contributed by atoms with Crippen molar-refractivity contribution in [3.8, 4) is 5.75 Å². The van der Waals surface area contributed by atoms with Gasteiger partial charge in [-0.3, -0.25) is 4.79 Å². The Labute approximate surface area is 87.8 Å². The molecule has 0 radical (unpaired) electrons. The van der Waals surface area contributed by atoms with Gasteiger partial charge in [0, 0.05) is 5.02 Å². The van der Waals surface area contributed by atoms with E-state index in [2.05, 4.69) is 0 Å². The van der Waals surface area contributed by atoms with Crippen molar-refractivity contribution in [3.63, 3.8) is 0 Å². The van der Waals surface area contributed by atoms with E-state index in [0.29, 0.717) is 11.6 Å². The monoisotopic (exact) mass is 210 g/mol. The smallest absolute Gasteiger partial charge is 0.136 e. The van der Waals surface area contributed by atoms with E-state index in [1.54, 1.807) is 13.0 Å². The van der Waals surface area contributed by atoms with Crippen molar-refractivity contribution >= 4 is 17.4 Å². The van der Waals surface area contributed by atoms with Gasteiger partial charge in [-0.05, 0) is 37.1 Å². The van der Waals surface area contributed by atoms with Gasteiger partial charge in [0.05, 0.1) is 12.5 Å². The normalized spacial score (nSPS) is 19.7. The molecular weight excluding hydrogens is 200 g/mol. The van der Waals surface area contributed by atoms with E-state index in [9.17, 15) is 4.79 Å². The van der Waals surface area contributed by atoms with Crippen molar-refractivity contribution < 1.29 is 9.53 Å². The third kappa shape index (κ3) is 1.75. The molecule has 0 saturated heterocycles. The number of ether oxygens (including phenoxy) is 1. The molecule has 1 aliphatic rings. The van der Waals surface area contributed by atoms with E-state index >= 15 is 0 Å². The van der Waals surface area contributed by atoms with Gasteiger partial charge in [-0.2, -0.15) is 0 Å². The van der Waals surface area contributed by atoms with Gasteiger partial charge in [0.2, 0.25) is 0 Å². The first-order valence-corrected chi connectivity index (χ1v) is 4.96. The molecule has 3 heteroatoms. The third-order valence-corrected chi connectivity index (χ3v) is 2.74. The molecule has 0 aromatic heterocycles. The number of hydrogen-bond donors (Lipinski definition) is 0. The van der Waals surface area contributed by atoms with Crippen LogP contribution in [0.3, 0.4) is 0 Å². The second-order valence-electron chi connectivity index (χ2n) is 3.57. The Hall–Kier alpha value is -1.02. The number of rotatable bonds is 1. The molecule has 2 rings (SSSR count). The molecule has 1 aromatic rings. The van der Waals surface area contributed by atoms with Crippen LogP contribution in [0.1, 0.15) is 12.5 Å². The van der Waals surface area contributed by atoms with Crippen LogP contribution in [0.5, 0.6) is 5.75 Å². The largest absolute Gasteiger partial charge is 0.493 e. The van der Waals surface area contributed by atoms with Crippen molar-refractivity contribution in [1.29, 1.82) is 0 Å². The number of fused-ring (bicyclic) bond motifs is 1. The molecule has 0 fully saturated rings. The number of halogens is 1. The summed E-state index contributed by atoms with van der Waals surface area (Å²) < 4.78 is 5.47. The Morgan fingerprint density at radius 2 is 2.36 bits per heavy atom. The van der Waals surface area contributed by atoms with E-state index in [1.165, 1.54) is 0 Å². The van der Waals surface area contributed by atoms with Crippen molar-refractivity contribution in [3.05, 3.63) is 28.8 Å². The highest BCUT2D eigenvalue weighted by molar-refractivity contribution is 6.30. The Kier molecular flexibility index (Phi) is 2.46. The lowest BCUT2D eigenvalue weighted by atomic mass is 9.94. The van der Waals surface area contributed by atoms with Crippen LogP contribution < -0.4 is 4.74 Å². The molecular formula is C11H11ClO2. The topological polar surface area (TPSA) is 26.3 Å². The minimum absolute atomic E-state index is 0.0130. The van der Waals surface area contributed by atoms with Crippen LogP contribution in [-0.4, -0.2) is 12.4 Å². The number of carbonyl (C=O) groups excluding carboxylic acids is 1. The predicted octanol–water partition coefficient (Wildman–Crippen LogP) is 2.48. The Bertz CT molecular complexity index is 374. The van der Waals surface area contributed by atoms with Crippen LogP contribution in [0.4, 0.5) is 0 Å². The number of benzene rings is 1. The van der Waals surface area contributed by atoms with Crippen molar-refractivity contribution in [2.24, 2.45) is 5.92 Å². The van der Waals surface area contributed by atoms with Gasteiger partial charge in [-0.25, -0.2) is 0 Å². The summed E-state index contributed by atoms with van der Waals surface area (Å²) >= 11 is 5.86. The van der Waals surface area contributed by atoms with Crippen LogP contribution in [0.15, 0.2) is 18.2 Å². The highest BCUT2D eigenvalue weighted by Gasteiger charge is 2.23. The average molecular weight is 211 g/mol. The van der Waals surface area contributed by atoms with Gasteiger partial charge in [0.1, 0.15) is 11.5 Å². The molecule has 14 heavy (non-hydrogen) atoms. The Morgan fingerprint density at radius 3 is 3.07 bits per heavy atom. The van der Waals surface area contributed by atoms with E-state index in [-0.39, 0.29) is 11.7 Å². The molecule has 0 spiro atoms. The first-order chi connectivity index (χ1) is 6.66.